The van der Waals surface area contributed by atoms with Crippen LogP contribution in [0.15, 0.2) is 48.5 Å². The Balaban J connectivity index is 1.53. The van der Waals surface area contributed by atoms with Gasteiger partial charge in [0.25, 0.3) is 5.91 Å². The maximum Gasteiger partial charge on any atom is 0.254 e. The number of amides is 1. The average molecular weight is 414 g/mol. The Morgan fingerprint density at radius 1 is 0.929 bits per heavy atom. The summed E-state index contributed by atoms with van der Waals surface area (Å²) in [4.78, 5) is 23.1. The second-order valence-corrected chi connectivity index (χ2v) is 8.68. The molecule has 2 aromatic heterocycles. The first-order chi connectivity index (χ1) is 13.5. The van der Waals surface area contributed by atoms with Crippen LogP contribution >= 0.6 is 22.7 Å². The van der Waals surface area contributed by atoms with Crippen LogP contribution in [0.3, 0.4) is 0 Å². The molecule has 4 rings (SSSR count). The van der Waals surface area contributed by atoms with Crippen molar-refractivity contribution in [2.75, 3.05) is 7.05 Å². The van der Waals surface area contributed by atoms with Crippen molar-refractivity contribution in [2.24, 2.45) is 0 Å². The van der Waals surface area contributed by atoms with Crippen molar-refractivity contribution < 1.29 is 15.0 Å². The van der Waals surface area contributed by atoms with Gasteiger partial charge in [0.15, 0.2) is 6.10 Å². The number of aliphatic hydroxyl groups excluding tert-OH is 2. The van der Waals surface area contributed by atoms with E-state index in [-0.39, 0.29) is 6.04 Å². The highest BCUT2D eigenvalue weighted by Crippen LogP contribution is 2.31. The minimum atomic E-state index is -1.60. The number of aliphatic hydroxyl groups is 2. The summed E-state index contributed by atoms with van der Waals surface area (Å²) in [6.07, 6.45) is -2.97. The molecule has 0 radical (unpaired) electrons. The number of nitrogens with zero attached hydrogens (tertiary/aromatic N) is 3. The first-order valence-electron chi connectivity index (χ1n) is 8.79. The Hall–Kier alpha value is -2.39. The van der Waals surface area contributed by atoms with E-state index in [9.17, 15) is 15.0 Å². The number of carbonyl (C=O) groups is 1. The van der Waals surface area contributed by atoms with Gasteiger partial charge in [0.05, 0.1) is 26.5 Å². The SMILES string of the molecule is CC(c1nc2ccccc2s1)N(C)C(=O)C(O)C(O)c1nc2ccccc2s1. The standard InChI is InChI=1S/C20H19N3O3S2/c1-11(18-21-12-7-3-5-9-14(12)27-18)23(2)20(26)17(25)16(24)19-22-13-8-4-6-10-15(13)28-19/h3-11,16-17,24-25H,1-2H3. The molecule has 2 heterocycles. The highest BCUT2D eigenvalue weighted by molar-refractivity contribution is 7.19. The molecule has 0 aliphatic rings. The molecule has 0 aliphatic carbocycles. The zero-order valence-electron chi connectivity index (χ0n) is 15.3. The van der Waals surface area contributed by atoms with Gasteiger partial charge in [-0.2, -0.15) is 0 Å². The number of thiazole rings is 2. The van der Waals surface area contributed by atoms with Gasteiger partial charge in [-0.15, -0.1) is 22.7 Å². The predicted molar refractivity (Wildman–Crippen MR) is 111 cm³/mol. The summed E-state index contributed by atoms with van der Waals surface area (Å²) < 4.78 is 1.94. The number of para-hydroxylation sites is 2. The second kappa shape index (κ2) is 7.56. The molecule has 0 aliphatic heterocycles. The molecular weight excluding hydrogens is 394 g/mol. The molecule has 28 heavy (non-hydrogen) atoms. The lowest BCUT2D eigenvalue weighted by Gasteiger charge is -2.27. The van der Waals surface area contributed by atoms with E-state index in [4.69, 9.17) is 0 Å². The molecule has 3 unspecified atom stereocenters. The summed E-state index contributed by atoms with van der Waals surface area (Å²) in [7, 11) is 1.60. The van der Waals surface area contributed by atoms with E-state index in [1.54, 1.807) is 7.05 Å². The van der Waals surface area contributed by atoms with Crippen molar-refractivity contribution in [1.82, 2.24) is 14.9 Å². The van der Waals surface area contributed by atoms with Gasteiger partial charge in [0.2, 0.25) is 0 Å². The van der Waals surface area contributed by atoms with E-state index in [0.29, 0.717) is 5.01 Å². The maximum absolute atomic E-state index is 12.8. The molecule has 8 heteroatoms. The van der Waals surface area contributed by atoms with Crippen LogP contribution < -0.4 is 0 Å². The Kier molecular flexibility index (Phi) is 5.11. The number of likely N-dealkylation sites (N-methyl/N-ethyl adjacent to an activating group) is 1. The Morgan fingerprint density at radius 2 is 1.43 bits per heavy atom. The second-order valence-electron chi connectivity index (χ2n) is 6.55. The van der Waals surface area contributed by atoms with Crippen molar-refractivity contribution in [1.29, 1.82) is 0 Å². The van der Waals surface area contributed by atoms with Crippen LogP contribution in [0.5, 0.6) is 0 Å². The Labute approximate surface area is 169 Å². The zero-order valence-corrected chi connectivity index (χ0v) is 16.9. The van der Waals surface area contributed by atoms with Gasteiger partial charge in [0.1, 0.15) is 16.1 Å². The fourth-order valence-electron chi connectivity index (χ4n) is 2.92. The molecule has 3 atom stereocenters. The van der Waals surface area contributed by atoms with E-state index in [2.05, 4.69) is 9.97 Å². The van der Waals surface area contributed by atoms with Crippen molar-refractivity contribution in [3.8, 4) is 0 Å². The van der Waals surface area contributed by atoms with Crippen LogP contribution in [0.4, 0.5) is 0 Å². The normalized spacial score (nSPS) is 14.9. The van der Waals surface area contributed by atoms with Crippen molar-refractivity contribution in [3.05, 3.63) is 58.5 Å². The van der Waals surface area contributed by atoms with Gasteiger partial charge in [-0.05, 0) is 31.2 Å². The average Bonchev–Trinajstić information content (AvgIpc) is 3.34. The quantitative estimate of drug-likeness (QED) is 0.523. The van der Waals surface area contributed by atoms with E-state index in [0.717, 1.165) is 25.4 Å². The van der Waals surface area contributed by atoms with Crippen LogP contribution in [0.25, 0.3) is 20.4 Å². The minimum absolute atomic E-state index is 0.322. The number of fused-ring (bicyclic) bond motifs is 2. The third-order valence-corrected chi connectivity index (χ3v) is 7.03. The number of rotatable bonds is 5. The largest absolute Gasteiger partial charge is 0.383 e. The molecule has 6 nitrogen and oxygen atoms in total. The first kappa shape index (κ1) is 18.9. The Bertz CT molecular complexity index is 986. The lowest BCUT2D eigenvalue weighted by Crippen LogP contribution is -2.41. The molecule has 0 spiro atoms. The fourth-order valence-corrected chi connectivity index (χ4v) is 4.97. The third-order valence-electron chi connectivity index (χ3n) is 4.71. The molecule has 0 saturated heterocycles. The van der Waals surface area contributed by atoms with Gasteiger partial charge in [0, 0.05) is 7.05 Å². The van der Waals surface area contributed by atoms with Crippen LogP contribution in [-0.2, 0) is 4.79 Å². The van der Waals surface area contributed by atoms with Crippen molar-refractivity contribution in [2.45, 2.75) is 25.2 Å². The number of hydrogen-bond donors (Lipinski definition) is 2. The van der Waals surface area contributed by atoms with Crippen LogP contribution in [0, 0.1) is 0 Å². The summed E-state index contributed by atoms with van der Waals surface area (Å²) in [6.45, 7) is 1.85. The first-order valence-corrected chi connectivity index (χ1v) is 10.4. The predicted octanol–water partition coefficient (Wildman–Crippen LogP) is 3.52. The van der Waals surface area contributed by atoms with Gasteiger partial charge in [-0.25, -0.2) is 9.97 Å². The monoisotopic (exact) mass is 413 g/mol. The molecule has 0 bridgehead atoms. The van der Waals surface area contributed by atoms with Gasteiger partial charge in [-0.1, -0.05) is 24.3 Å². The number of hydrogen-bond acceptors (Lipinski definition) is 7. The maximum atomic E-state index is 12.8. The fraction of sp³-hybridized carbons (Fsp3) is 0.250. The molecule has 1 amide bonds. The van der Waals surface area contributed by atoms with Crippen LogP contribution in [0.1, 0.15) is 29.1 Å². The molecule has 0 saturated carbocycles. The van der Waals surface area contributed by atoms with Crippen LogP contribution in [0.2, 0.25) is 0 Å². The van der Waals surface area contributed by atoms with Gasteiger partial charge < -0.3 is 15.1 Å². The molecule has 144 valence electrons. The van der Waals surface area contributed by atoms with Crippen LogP contribution in [-0.4, -0.2) is 44.1 Å². The molecule has 0 fully saturated rings. The van der Waals surface area contributed by atoms with Gasteiger partial charge >= 0.3 is 0 Å². The van der Waals surface area contributed by atoms with E-state index in [1.807, 2.05) is 55.5 Å². The zero-order chi connectivity index (χ0) is 19.8. The summed E-state index contributed by atoms with van der Waals surface area (Å²) in [5.74, 6) is -0.571. The topological polar surface area (TPSA) is 86.6 Å². The summed E-state index contributed by atoms with van der Waals surface area (Å²) in [5, 5.41) is 22.1. The van der Waals surface area contributed by atoms with E-state index < -0.39 is 18.1 Å². The lowest BCUT2D eigenvalue weighted by atomic mass is 10.1. The molecule has 2 N–H and O–H groups in total. The number of aromatic nitrogens is 2. The minimum Gasteiger partial charge on any atom is -0.383 e. The van der Waals surface area contributed by atoms with Crippen molar-refractivity contribution in [3.63, 3.8) is 0 Å². The van der Waals surface area contributed by atoms with Crippen molar-refractivity contribution >= 4 is 49.0 Å². The molecule has 4 aromatic rings. The number of benzene rings is 2. The summed E-state index contributed by atoms with van der Waals surface area (Å²) in [5.41, 5.74) is 1.61. The summed E-state index contributed by atoms with van der Waals surface area (Å²) in [6, 6.07) is 14.9. The number of carbonyl (C=O) groups excluding carboxylic acids is 1. The van der Waals surface area contributed by atoms with E-state index >= 15 is 0 Å². The smallest absolute Gasteiger partial charge is 0.254 e. The highest BCUT2D eigenvalue weighted by Gasteiger charge is 2.33. The Morgan fingerprint density at radius 3 is 2.00 bits per heavy atom. The van der Waals surface area contributed by atoms with Gasteiger partial charge in [-0.3, -0.25) is 4.79 Å². The molecular formula is C20H19N3O3S2. The van der Waals surface area contributed by atoms with E-state index in [1.165, 1.54) is 27.6 Å². The molecule has 2 aromatic carbocycles. The highest BCUT2D eigenvalue weighted by atomic mass is 32.1. The summed E-state index contributed by atoms with van der Waals surface area (Å²) >= 11 is 2.78. The third kappa shape index (κ3) is 3.40. The lowest BCUT2D eigenvalue weighted by molar-refractivity contribution is -0.147.